The minimum Gasteiger partial charge on any atom is -0.355 e. The first-order chi connectivity index (χ1) is 14.6. The Kier molecular flexibility index (Phi) is 4.91. The third-order valence-electron chi connectivity index (χ3n) is 6.32. The van der Waals surface area contributed by atoms with E-state index in [4.69, 9.17) is 4.98 Å². The number of anilines is 1. The van der Waals surface area contributed by atoms with Crippen LogP contribution in [0.15, 0.2) is 61.1 Å². The van der Waals surface area contributed by atoms with Crippen LogP contribution in [0.2, 0.25) is 0 Å². The summed E-state index contributed by atoms with van der Waals surface area (Å²) in [5.41, 5.74) is 5.28. The molecule has 3 heterocycles. The fourth-order valence-corrected chi connectivity index (χ4v) is 4.69. The molecule has 0 saturated heterocycles. The van der Waals surface area contributed by atoms with Crippen LogP contribution < -0.4 is 4.90 Å². The predicted molar refractivity (Wildman–Crippen MR) is 123 cm³/mol. The summed E-state index contributed by atoms with van der Waals surface area (Å²) in [5.74, 6) is 0.838. The van der Waals surface area contributed by atoms with Crippen LogP contribution in [-0.4, -0.2) is 53.1 Å². The van der Waals surface area contributed by atoms with Crippen LogP contribution in [0.5, 0.6) is 0 Å². The van der Waals surface area contributed by atoms with Gasteiger partial charge in [-0.2, -0.15) is 0 Å². The summed E-state index contributed by atoms with van der Waals surface area (Å²) in [6.07, 6.45) is 8.87. The molecule has 2 aromatic heterocycles. The molecule has 5 heteroatoms. The van der Waals surface area contributed by atoms with E-state index in [-0.39, 0.29) is 0 Å². The van der Waals surface area contributed by atoms with E-state index >= 15 is 0 Å². The topological polar surface area (TPSA) is 35.5 Å². The maximum absolute atomic E-state index is 4.93. The van der Waals surface area contributed by atoms with Gasteiger partial charge in [-0.05, 0) is 75.7 Å². The molecule has 0 bridgehead atoms. The van der Waals surface area contributed by atoms with Crippen LogP contribution in [0.25, 0.3) is 22.3 Å². The average Bonchev–Trinajstić information content (AvgIpc) is 3.20. The van der Waals surface area contributed by atoms with Crippen molar-refractivity contribution in [1.29, 1.82) is 0 Å². The number of hydrogen-bond acceptors (Lipinski definition) is 5. The van der Waals surface area contributed by atoms with E-state index in [0.717, 1.165) is 29.5 Å². The van der Waals surface area contributed by atoms with Crippen LogP contribution in [0.3, 0.4) is 0 Å². The van der Waals surface area contributed by atoms with Gasteiger partial charge in [-0.1, -0.05) is 12.1 Å². The van der Waals surface area contributed by atoms with E-state index in [0.29, 0.717) is 6.04 Å². The molecule has 1 aliphatic heterocycles. The summed E-state index contributed by atoms with van der Waals surface area (Å²) in [6, 6.07) is 15.4. The Bertz CT molecular complexity index is 1070. The zero-order valence-corrected chi connectivity index (χ0v) is 18.0. The normalized spacial score (nSPS) is 20.9. The number of fused-ring (bicyclic) bond motifs is 1. The quantitative estimate of drug-likeness (QED) is 0.631. The average molecular weight is 400 g/mol. The van der Waals surface area contributed by atoms with E-state index in [1.165, 1.54) is 36.0 Å². The van der Waals surface area contributed by atoms with Crippen molar-refractivity contribution >= 4 is 16.6 Å². The molecule has 30 heavy (non-hydrogen) atoms. The second-order valence-corrected chi connectivity index (χ2v) is 8.92. The molecule has 0 radical (unpaired) electrons. The first-order valence-corrected chi connectivity index (χ1v) is 10.7. The summed E-state index contributed by atoms with van der Waals surface area (Å²) >= 11 is 0. The molecule has 1 aromatic carbocycles. The number of aromatic nitrogens is 2. The largest absolute Gasteiger partial charge is 0.355 e. The van der Waals surface area contributed by atoms with Gasteiger partial charge in [0.05, 0.1) is 23.6 Å². The van der Waals surface area contributed by atoms with E-state index < -0.39 is 0 Å². The van der Waals surface area contributed by atoms with Crippen molar-refractivity contribution in [3.63, 3.8) is 0 Å². The number of rotatable bonds is 5. The van der Waals surface area contributed by atoms with Crippen molar-refractivity contribution in [1.82, 2.24) is 19.8 Å². The first-order valence-electron chi connectivity index (χ1n) is 10.7. The predicted octanol–water partition coefficient (Wildman–Crippen LogP) is 4.50. The molecule has 5 rings (SSSR count). The Balaban J connectivity index is 1.34. The zero-order valence-electron chi connectivity index (χ0n) is 18.0. The Morgan fingerprint density at radius 1 is 1.03 bits per heavy atom. The van der Waals surface area contributed by atoms with Crippen molar-refractivity contribution in [2.24, 2.45) is 5.92 Å². The molecule has 0 unspecified atom stereocenters. The Morgan fingerprint density at radius 3 is 2.67 bits per heavy atom. The van der Waals surface area contributed by atoms with Gasteiger partial charge < -0.3 is 14.7 Å². The minimum atomic E-state index is 0.674. The zero-order chi connectivity index (χ0) is 20.7. The lowest BCUT2D eigenvalue weighted by molar-refractivity contribution is 0.105. The number of hydrogen-bond donors (Lipinski definition) is 0. The lowest BCUT2D eigenvalue weighted by atomic mass is 9.79. The Labute approximate surface area is 178 Å². The number of benzene rings is 1. The highest BCUT2D eigenvalue weighted by molar-refractivity contribution is 5.87. The maximum atomic E-state index is 4.93. The molecule has 3 aromatic rings. The Morgan fingerprint density at radius 2 is 1.90 bits per heavy atom. The van der Waals surface area contributed by atoms with Gasteiger partial charge in [-0.3, -0.25) is 4.98 Å². The molecule has 5 nitrogen and oxygen atoms in total. The summed E-state index contributed by atoms with van der Waals surface area (Å²) in [5, 5.41) is 1.20. The van der Waals surface area contributed by atoms with Gasteiger partial charge in [0.25, 0.3) is 0 Å². The van der Waals surface area contributed by atoms with Crippen LogP contribution in [0.4, 0.5) is 5.69 Å². The van der Waals surface area contributed by atoms with Crippen molar-refractivity contribution in [2.45, 2.75) is 25.8 Å². The molecule has 154 valence electrons. The molecule has 2 aliphatic rings. The highest BCUT2D eigenvalue weighted by Crippen LogP contribution is 2.35. The first kappa shape index (κ1) is 19.1. The summed E-state index contributed by atoms with van der Waals surface area (Å²) < 4.78 is 0. The highest BCUT2D eigenvalue weighted by Gasteiger charge is 2.34. The van der Waals surface area contributed by atoms with Crippen molar-refractivity contribution in [3.05, 3.63) is 66.6 Å². The molecular weight excluding hydrogens is 370 g/mol. The number of nitrogens with zero attached hydrogens (tertiary/aromatic N) is 5. The molecule has 0 N–H and O–H groups in total. The third-order valence-corrected chi connectivity index (χ3v) is 6.32. The molecule has 0 atom stereocenters. The third kappa shape index (κ3) is 3.65. The Hall–Kier alpha value is -2.92. The second kappa shape index (κ2) is 7.73. The van der Waals surface area contributed by atoms with Gasteiger partial charge in [0.2, 0.25) is 0 Å². The van der Waals surface area contributed by atoms with Gasteiger partial charge in [0, 0.05) is 42.3 Å². The van der Waals surface area contributed by atoms with E-state index in [1.54, 1.807) is 0 Å². The molecule has 1 aliphatic carbocycles. The van der Waals surface area contributed by atoms with Gasteiger partial charge in [-0.25, -0.2) is 4.98 Å². The van der Waals surface area contributed by atoms with Crippen LogP contribution in [0.1, 0.15) is 18.4 Å². The monoisotopic (exact) mass is 399 g/mol. The summed E-state index contributed by atoms with van der Waals surface area (Å²) in [7, 11) is 4.33. The smallest absolute Gasteiger partial charge is 0.0944 e. The summed E-state index contributed by atoms with van der Waals surface area (Å²) in [6.45, 7) is 4.27. The van der Waals surface area contributed by atoms with Crippen molar-refractivity contribution in [3.8, 4) is 11.4 Å². The number of pyridine rings is 2. The molecule has 0 amide bonds. The van der Waals surface area contributed by atoms with Crippen LogP contribution in [-0.2, 0) is 0 Å². The van der Waals surface area contributed by atoms with E-state index in [1.807, 2.05) is 24.4 Å². The molecule has 1 fully saturated rings. The second-order valence-electron chi connectivity index (χ2n) is 8.92. The minimum absolute atomic E-state index is 0.674. The van der Waals surface area contributed by atoms with Crippen molar-refractivity contribution < 1.29 is 0 Å². The molecular formula is C25H29N5. The maximum Gasteiger partial charge on any atom is 0.0944 e. The van der Waals surface area contributed by atoms with Gasteiger partial charge in [-0.15, -0.1) is 0 Å². The van der Waals surface area contributed by atoms with E-state index in [2.05, 4.69) is 77.4 Å². The molecule has 0 spiro atoms. The fourth-order valence-electron chi connectivity index (χ4n) is 4.69. The van der Waals surface area contributed by atoms with Crippen LogP contribution >= 0.6 is 0 Å². The van der Waals surface area contributed by atoms with Gasteiger partial charge in [0.1, 0.15) is 0 Å². The fraction of sp³-hybridized carbons (Fsp3) is 0.360. The highest BCUT2D eigenvalue weighted by atomic mass is 15.4. The lowest BCUT2D eigenvalue weighted by Crippen LogP contribution is -2.45. The summed E-state index contributed by atoms with van der Waals surface area (Å²) in [4.78, 5) is 16.5. The number of aryl methyl sites for hydroxylation is 1. The van der Waals surface area contributed by atoms with Gasteiger partial charge >= 0.3 is 0 Å². The molecule has 1 saturated carbocycles. The van der Waals surface area contributed by atoms with Gasteiger partial charge in [0.15, 0.2) is 0 Å². The van der Waals surface area contributed by atoms with E-state index in [9.17, 15) is 0 Å². The SMILES string of the molecule is Cc1cc(-c2ccccn2)nc2cc(N3C=CN(C4CC(CN(C)C)C4)C3)ccc12. The van der Waals surface area contributed by atoms with Crippen LogP contribution in [0, 0.1) is 12.8 Å². The standard InChI is InChI=1S/C25H29N5/c1-18-12-25(23-6-4-5-9-26-23)27-24-15-20(7-8-22(18)24)29-10-11-30(17-29)21-13-19(14-21)16-28(2)3/h4-12,15,19,21H,13-14,16-17H2,1-3H3. The van der Waals surface area contributed by atoms with Crippen molar-refractivity contribution in [2.75, 3.05) is 32.2 Å². The lowest BCUT2D eigenvalue weighted by Gasteiger charge is -2.42.